The van der Waals surface area contributed by atoms with E-state index in [2.05, 4.69) is 9.97 Å². The van der Waals surface area contributed by atoms with Gasteiger partial charge >= 0.3 is 5.97 Å². The lowest BCUT2D eigenvalue weighted by Crippen LogP contribution is -2.04. The van der Waals surface area contributed by atoms with Crippen LogP contribution in [0.1, 0.15) is 28.8 Å². The number of carboxylic acids is 1. The monoisotopic (exact) mass is 388 g/mol. The maximum absolute atomic E-state index is 12.1. The van der Waals surface area contributed by atoms with Crippen molar-refractivity contribution >= 4 is 45.1 Å². The van der Waals surface area contributed by atoms with Crippen LogP contribution in [-0.2, 0) is 11.2 Å². The summed E-state index contributed by atoms with van der Waals surface area (Å²) in [5.74, 6) is -0.681. The summed E-state index contributed by atoms with van der Waals surface area (Å²) >= 11 is 3.22. The van der Waals surface area contributed by atoms with Crippen molar-refractivity contribution in [1.82, 2.24) is 9.97 Å². The third kappa shape index (κ3) is 4.39. The molecule has 0 saturated heterocycles. The van der Waals surface area contributed by atoms with Crippen LogP contribution in [0, 0.1) is 0 Å². The summed E-state index contributed by atoms with van der Waals surface area (Å²) in [6.07, 6.45) is 2.88. The summed E-state index contributed by atoms with van der Waals surface area (Å²) in [4.78, 5) is 31.5. The second-order valence-corrected chi connectivity index (χ2v) is 7.64. The highest BCUT2D eigenvalue weighted by molar-refractivity contribution is 7.99. The minimum absolute atomic E-state index is 0.0528. The standard InChI is InChI=1S/C18H16N2O4S2/c21-12(8-11-3-4-13(18(23)24)15(22)9-11)2-1-6-26-17-16-14(5-7-25-16)19-10-20-17/h3-5,7,9-10,22H,1-2,6,8H2,(H,23,24). The SMILES string of the molecule is O=C(CCCSc1ncnc2ccsc12)Cc1ccc(C(=O)O)c(O)c1. The molecule has 0 bridgehead atoms. The number of ketones is 1. The van der Waals surface area contributed by atoms with Gasteiger partial charge in [0.2, 0.25) is 0 Å². The zero-order valence-electron chi connectivity index (χ0n) is 13.7. The van der Waals surface area contributed by atoms with Crippen molar-refractivity contribution in [2.75, 3.05) is 5.75 Å². The average Bonchev–Trinajstić information content (AvgIpc) is 3.08. The smallest absolute Gasteiger partial charge is 0.339 e. The van der Waals surface area contributed by atoms with E-state index in [0.717, 1.165) is 27.4 Å². The Hall–Kier alpha value is -2.45. The van der Waals surface area contributed by atoms with Gasteiger partial charge in [-0.2, -0.15) is 0 Å². The number of carbonyl (C=O) groups is 2. The van der Waals surface area contributed by atoms with E-state index in [1.807, 2.05) is 11.4 Å². The van der Waals surface area contributed by atoms with Gasteiger partial charge in [-0.1, -0.05) is 6.07 Å². The molecule has 0 radical (unpaired) electrons. The molecule has 0 unspecified atom stereocenters. The van der Waals surface area contributed by atoms with Gasteiger partial charge in [-0.25, -0.2) is 14.8 Å². The zero-order valence-corrected chi connectivity index (χ0v) is 15.3. The number of hydrogen-bond acceptors (Lipinski definition) is 7. The summed E-state index contributed by atoms with van der Waals surface area (Å²) in [6.45, 7) is 0. The number of carboxylic acid groups (broad SMARTS) is 1. The van der Waals surface area contributed by atoms with Crippen LogP contribution in [0.15, 0.2) is 41.0 Å². The van der Waals surface area contributed by atoms with E-state index in [1.54, 1.807) is 35.5 Å². The molecule has 2 aromatic heterocycles. The van der Waals surface area contributed by atoms with Crippen molar-refractivity contribution in [3.63, 3.8) is 0 Å². The van der Waals surface area contributed by atoms with Crippen LogP contribution in [0.5, 0.6) is 5.75 Å². The largest absolute Gasteiger partial charge is 0.507 e. The molecule has 0 aliphatic rings. The van der Waals surface area contributed by atoms with Crippen LogP contribution in [0.3, 0.4) is 0 Å². The number of aromatic nitrogens is 2. The van der Waals surface area contributed by atoms with Crippen LogP contribution in [-0.4, -0.2) is 37.7 Å². The molecular formula is C18H16N2O4S2. The fraction of sp³-hybridized carbons (Fsp3) is 0.222. The first-order chi connectivity index (χ1) is 12.5. The highest BCUT2D eigenvalue weighted by Crippen LogP contribution is 2.29. The Morgan fingerprint density at radius 3 is 2.81 bits per heavy atom. The topological polar surface area (TPSA) is 100 Å². The van der Waals surface area contributed by atoms with E-state index in [9.17, 15) is 14.7 Å². The molecular weight excluding hydrogens is 372 g/mol. The van der Waals surface area contributed by atoms with Gasteiger partial charge < -0.3 is 10.2 Å². The molecule has 0 amide bonds. The van der Waals surface area contributed by atoms with E-state index in [1.165, 1.54) is 12.1 Å². The molecule has 8 heteroatoms. The molecule has 0 fully saturated rings. The molecule has 0 atom stereocenters. The second-order valence-electron chi connectivity index (χ2n) is 5.64. The maximum atomic E-state index is 12.1. The Morgan fingerprint density at radius 1 is 1.19 bits per heavy atom. The van der Waals surface area contributed by atoms with E-state index in [4.69, 9.17) is 5.11 Å². The van der Waals surface area contributed by atoms with Gasteiger partial charge in [0.05, 0.1) is 10.2 Å². The molecule has 6 nitrogen and oxygen atoms in total. The molecule has 26 heavy (non-hydrogen) atoms. The summed E-state index contributed by atoms with van der Waals surface area (Å²) in [5.41, 5.74) is 1.39. The van der Waals surface area contributed by atoms with Crippen LogP contribution < -0.4 is 0 Å². The van der Waals surface area contributed by atoms with Crippen molar-refractivity contribution in [1.29, 1.82) is 0 Å². The number of Topliss-reactive ketones (excluding diaryl/α,β-unsaturated/α-hetero) is 1. The molecule has 0 aliphatic carbocycles. The number of carbonyl (C=O) groups excluding carboxylic acids is 1. The summed E-state index contributed by atoms with van der Waals surface area (Å²) < 4.78 is 1.07. The number of hydrogen-bond donors (Lipinski definition) is 2. The maximum Gasteiger partial charge on any atom is 0.339 e. The molecule has 2 heterocycles. The van der Waals surface area contributed by atoms with E-state index < -0.39 is 5.97 Å². The van der Waals surface area contributed by atoms with Gasteiger partial charge in [0.1, 0.15) is 28.4 Å². The lowest BCUT2D eigenvalue weighted by molar-refractivity contribution is -0.118. The van der Waals surface area contributed by atoms with Gasteiger partial charge in [0, 0.05) is 12.8 Å². The number of nitrogens with zero attached hydrogens (tertiary/aromatic N) is 2. The first kappa shape index (κ1) is 18.3. The molecule has 3 aromatic rings. The summed E-state index contributed by atoms with van der Waals surface area (Å²) in [7, 11) is 0. The fourth-order valence-electron chi connectivity index (χ4n) is 2.49. The minimum atomic E-state index is -1.19. The molecule has 2 N–H and O–H groups in total. The van der Waals surface area contributed by atoms with Crippen LogP contribution >= 0.6 is 23.1 Å². The minimum Gasteiger partial charge on any atom is -0.507 e. The Labute approximate surface area is 157 Å². The fourth-order valence-corrected chi connectivity index (χ4v) is 4.38. The number of phenols is 1. The number of rotatable bonds is 8. The Balaban J connectivity index is 1.48. The first-order valence-electron chi connectivity index (χ1n) is 7.92. The molecule has 134 valence electrons. The highest BCUT2D eigenvalue weighted by Gasteiger charge is 2.12. The number of thiophene rings is 1. The summed E-state index contributed by atoms with van der Waals surface area (Å²) in [5, 5.41) is 21.5. The molecule has 1 aromatic carbocycles. The van der Waals surface area contributed by atoms with Gasteiger partial charge in [0.25, 0.3) is 0 Å². The highest BCUT2D eigenvalue weighted by atomic mass is 32.2. The quantitative estimate of drug-likeness (QED) is 0.344. The number of fused-ring (bicyclic) bond motifs is 1. The molecule has 0 saturated carbocycles. The Kier molecular flexibility index (Phi) is 5.85. The number of thioether (sulfide) groups is 1. The second kappa shape index (κ2) is 8.29. The van der Waals surface area contributed by atoms with Gasteiger partial charge in [-0.15, -0.1) is 23.1 Å². The number of aromatic carboxylic acids is 1. The third-order valence-electron chi connectivity index (χ3n) is 3.74. The normalized spacial score (nSPS) is 10.9. The van der Waals surface area contributed by atoms with Crippen molar-refractivity contribution in [3.8, 4) is 5.75 Å². The molecule has 3 rings (SSSR count). The first-order valence-corrected chi connectivity index (χ1v) is 9.79. The van der Waals surface area contributed by atoms with E-state index in [-0.39, 0.29) is 23.5 Å². The Morgan fingerprint density at radius 2 is 2.04 bits per heavy atom. The predicted octanol–water partition coefficient (Wildman–Crippen LogP) is 3.78. The van der Waals surface area contributed by atoms with Crippen molar-refractivity contribution in [2.45, 2.75) is 24.3 Å². The van der Waals surface area contributed by atoms with Crippen molar-refractivity contribution in [3.05, 3.63) is 47.1 Å². The zero-order chi connectivity index (χ0) is 18.5. The lowest BCUT2D eigenvalue weighted by Gasteiger charge is -2.05. The van der Waals surface area contributed by atoms with Crippen LogP contribution in [0.4, 0.5) is 0 Å². The molecule has 0 aliphatic heterocycles. The van der Waals surface area contributed by atoms with Gasteiger partial charge in [-0.05, 0) is 41.3 Å². The number of aromatic hydroxyl groups is 1. The predicted molar refractivity (Wildman–Crippen MR) is 101 cm³/mol. The van der Waals surface area contributed by atoms with Crippen LogP contribution in [0.2, 0.25) is 0 Å². The third-order valence-corrected chi connectivity index (χ3v) is 5.86. The van der Waals surface area contributed by atoms with Gasteiger partial charge in [0.15, 0.2) is 0 Å². The van der Waals surface area contributed by atoms with E-state index >= 15 is 0 Å². The van der Waals surface area contributed by atoms with Gasteiger partial charge in [-0.3, -0.25) is 4.79 Å². The van der Waals surface area contributed by atoms with Crippen molar-refractivity contribution in [2.24, 2.45) is 0 Å². The van der Waals surface area contributed by atoms with E-state index in [0.29, 0.717) is 12.0 Å². The average molecular weight is 388 g/mol. The van der Waals surface area contributed by atoms with Crippen molar-refractivity contribution < 1.29 is 19.8 Å². The number of benzene rings is 1. The van der Waals surface area contributed by atoms with Crippen LogP contribution in [0.25, 0.3) is 10.2 Å². The Bertz CT molecular complexity index is 955. The lowest BCUT2D eigenvalue weighted by atomic mass is 10.0. The summed E-state index contributed by atoms with van der Waals surface area (Å²) in [6, 6.07) is 6.17. The molecule has 0 spiro atoms.